The predicted octanol–water partition coefficient (Wildman–Crippen LogP) is 0.813. The summed E-state index contributed by atoms with van der Waals surface area (Å²) in [5.74, 6) is 0. The van der Waals surface area contributed by atoms with Crippen molar-refractivity contribution in [2.24, 2.45) is 0 Å². The molecule has 1 amide bonds. The average Bonchev–Trinajstić information content (AvgIpc) is 1.85. The molecule has 1 heterocycles. The maximum absolute atomic E-state index is 10.7. The number of rotatable bonds is 0. The molecule has 0 unspecified atom stereocenters. The standard InChI is InChI=1S/C7H9NO2/c9-7-8-5-2-1-3-6(4-5)10-7/h1,3,5-6H,2,4H2,(H,8,9)/t5-,6+/m0/s1. The van der Waals surface area contributed by atoms with Gasteiger partial charge in [0.1, 0.15) is 6.10 Å². The molecular weight excluding hydrogens is 130 g/mol. The second-order valence-corrected chi connectivity index (χ2v) is 2.68. The summed E-state index contributed by atoms with van der Waals surface area (Å²) < 4.78 is 4.92. The lowest BCUT2D eigenvalue weighted by Gasteiger charge is -2.30. The molecular formula is C7H9NO2. The van der Waals surface area contributed by atoms with Crippen LogP contribution in [0.1, 0.15) is 12.8 Å². The Kier molecular flexibility index (Phi) is 1.16. The third-order valence-electron chi connectivity index (χ3n) is 1.87. The van der Waals surface area contributed by atoms with Crippen LogP contribution in [0.5, 0.6) is 0 Å². The molecule has 3 heteroatoms. The van der Waals surface area contributed by atoms with Crippen molar-refractivity contribution in [1.82, 2.24) is 5.32 Å². The molecule has 0 saturated carbocycles. The SMILES string of the molecule is O=C1N[C@H]2CC=C[C@H](C2)O1. The zero-order valence-electron chi connectivity index (χ0n) is 5.54. The predicted molar refractivity (Wildman–Crippen MR) is 35.6 cm³/mol. The molecule has 1 fully saturated rings. The van der Waals surface area contributed by atoms with Gasteiger partial charge in [0.25, 0.3) is 0 Å². The van der Waals surface area contributed by atoms with E-state index in [4.69, 9.17) is 4.74 Å². The van der Waals surface area contributed by atoms with Crippen molar-refractivity contribution in [3.63, 3.8) is 0 Å². The lowest BCUT2D eigenvalue weighted by Crippen LogP contribution is -2.46. The fourth-order valence-corrected chi connectivity index (χ4v) is 1.39. The molecule has 2 aliphatic rings. The number of hydrogen-bond acceptors (Lipinski definition) is 2. The molecule has 2 atom stereocenters. The monoisotopic (exact) mass is 139 g/mol. The van der Waals surface area contributed by atoms with E-state index < -0.39 is 0 Å². The van der Waals surface area contributed by atoms with Gasteiger partial charge in [-0.1, -0.05) is 6.08 Å². The molecule has 1 N–H and O–H groups in total. The van der Waals surface area contributed by atoms with Crippen molar-refractivity contribution >= 4 is 6.09 Å². The van der Waals surface area contributed by atoms with Gasteiger partial charge >= 0.3 is 6.09 Å². The van der Waals surface area contributed by atoms with Gasteiger partial charge in [-0.15, -0.1) is 0 Å². The lowest BCUT2D eigenvalue weighted by molar-refractivity contribution is 0.0785. The van der Waals surface area contributed by atoms with Crippen LogP contribution >= 0.6 is 0 Å². The van der Waals surface area contributed by atoms with Gasteiger partial charge in [-0.05, 0) is 12.5 Å². The van der Waals surface area contributed by atoms with Crippen LogP contribution in [0.3, 0.4) is 0 Å². The maximum Gasteiger partial charge on any atom is 0.407 e. The van der Waals surface area contributed by atoms with Crippen molar-refractivity contribution in [2.45, 2.75) is 25.0 Å². The molecule has 0 radical (unpaired) electrons. The van der Waals surface area contributed by atoms with Crippen molar-refractivity contribution in [3.05, 3.63) is 12.2 Å². The number of fused-ring (bicyclic) bond motifs is 2. The highest BCUT2D eigenvalue weighted by atomic mass is 16.6. The molecule has 3 nitrogen and oxygen atoms in total. The Balaban J connectivity index is 2.16. The Bertz CT molecular complexity index is 188. The van der Waals surface area contributed by atoms with E-state index in [2.05, 4.69) is 11.4 Å². The van der Waals surface area contributed by atoms with Crippen LogP contribution in [0, 0.1) is 0 Å². The first kappa shape index (κ1) is 5.77. The van der Waals surface area contributed by atoms with Gasteiger partial charge < -0.3 is 10.1 Å². The molecule has 1 aliphatic carbocycles. The van der Waals surface area contributed by atoms with Crippen molar-refractivity contribution in [2.75, 3.05) is 0 Å². The third-order valence-corrected chi connectivity index (χ3v) is 1.87. The van der Waals surface area contributed by atoms with E-state index in [0.29, 0.717) is 6.04 Å². The Morgan fingerprint density at radius 3 is 3.40 bits per heavy atom. The number of amides is 1. The summed E-state index contributed by atoms with van der Waals surface area (Å²) in [4.78, 5) is 10.7. The Morgan fingerprint density at radius 2 is 2.60 bits per heavy atom. The number of ether oxygens (including phenoxy) is 1. The number of hydrogen-bond donors (Lipinski definition) is 1. The minimum absolute atomic E-state index is 0.0347. The fourth-order valence-electron chi connectivity index (χ4n) is 1.39. The van der Waals surface area contributed by atoms with Gasteiger partial charge in [0.15, 0.2) is 0 Å². The van der Waals surface area contributed by atoms with Gasteiger partial charge in [0.05, 0.1) is 0 Å². The average molecular weight is 139 g/mol. The van der Waals surface area contributed by atoms with Gasteiger partial charge in [0, 0.05) is 12.5 Å². The van der Waals surface area contributed by atoms with E-state index in [1.165, 1.54) is 0 Å². The van der Waals surface area contributed by atoms with Crippen molar-refractivity contribution in [3.8, 4) is 0 Å². The van der Waals surface area contributed by atoms with E-state index in [9.17, 15) is 4.79 Å². The minimum Gasteiger partial charge on any atom is -0.442 e. The van der Waals surface area contributed by atoms with Gasteiger partial charge in [-0.3, -0.25) is 0 Å². The van der Waals surface area contributed by atoms with E-state index in [1.54, 1.807) is 0 Å². The van der Waals surface area contributed by atoms with Gasteiger partial charge in [-0.2, -0.15) is 0 Å². The number of alkyl carbamates (subject to hydrolysis) is 1. The van der Waals surface area contributed by atoms with Crippen LogP contribution in [0.15, 0.2) is 12.2 Å². The Hall–Kier alpha value is -0.990. The molecule has 54 valence electrons. The number of nitrogens with one attached hydrogen (secondary N) is 1. The molecule has 0 aromatic rings. The quantitative estimate of drug-likeness (QED) is 0.504. The third kappa shape index (κ3) is 0.875. The highest BCUT2D eigenvalue weighted by Gasteiger charge is 2.27. The summed E-state index contributed by atoms with van der Waals surface area (Å²) in [6.45, 7) is 0. The van der Waals surface area contributed by atoms with Crippen LogP contribution in [0.4, 0.5) is 4.79 Å². The summed E-state index contributed by atoms with van der Waals surface area (Å²) in [7, 11) is 0. The van der Waals surface area contributed by atoms with Crippen LogP contribution in [-0.4, -0.2) is 18.2 Å². The first-order chi connectivity index (χ1) is 4.84. The van der Waals surface area contributed by atoms with Crippen molar-refractivity contribution in [1.29, 1.82) is 0 Å². The summed E-state index contributed by atoms with van der Waals surface area (Å²) in [5.41, 5.74) is 0. The molecule has 0 aromatic carbocycles. The highest BCUT2D eigenvalue weighted by molar-refractivity contribution is 5.69. The normalized spacial score (nSPS) is 36.6. The molecule has 2 rings (SSSR count). The summed E-state index contributed by atoms with van der Waals surface area (Å²) in [5, 5.41) is 2.74. The number of carbonyl (C=O) groups excluding carboxylic acids is 1. The summed E-state index contributed by atoms with van der Waals surface area (Å²) in [6, 6.07) is 0.316. The largest absolute Gasteiger partial charge is 0.442 e. The molecule has 2 bridgehead atoms. The lowest BCUT2D eigenvalue weighted by atomic mass is 9.99. The minimum atomic E-state index is -0.273. The highest BCUT2D eigenvalue weighted by Crippen LogP contribution is 2.18. The maximum atomic E-state index is 10.7. The topological polar surface area (TPSA) is 38.3 Å². The summed E-state index contributed by atoms with van der Waals surface area (Å²) in [6.07, 6.45) is 5.65. The Labute approximate surface area is 59.1 Å². The Morgan fingerprint density at radius 1 is 1.70 bits per heavy atom. The van der Waals surface area contributed by atoms with Crippen LogP contribution in [0.2, 0.25) is 0 Å². The second kappa shape index (κ2) is 2.01. The zero-order valence-corrected chi connectivity index (χ0v) is 5.54. The number of carbonyl (C=O) groups is 1. The van der Waals surface area contributed by atoms with E-state index in [1.807, 2.05) is 6.08 Å². The molecule has 1 saturated heterocycles. The van der Waals surface area contributed by atoms with Gasteiger partial charge in [0.2, 0.25) is 0 Å². The van der Waals surface area contributed by atoms with E-state index in [0.717, 1.165) is 12.8 Å². The van der Waals surface area contributed by atoms with Crippen LogP contribution in [0.25, 0.3) is 0 Å². The fraction of sp³-hybridized carbons (Fsp3) is 0.571. The summed E-state index contributed by atoms with van der Waals surface area (Å²) >= 11 is 0. The van der Waals surface area contributed by atoms with Crippen LogP contribution < -0.4 is 5.32 Å². The van der Waals surface area contributed by atoms with Gasteiger partial charge in [-0.25, -0.2) is 4.79 Å². The molecule has 10 heavy (non-hydrogen) atoms. The second-order valence-electron chi connectivity index (χ2n) is 2.68. The van der Waals surface area contributed by atoms with Crippen LogP contribution in [-0.2, 0) is 4.74 Å². The van der Waals surface area contributed by atoms with E-state index >= 15 is 0 Å². The molecule has 0 aromatic heterocycles. The smallest absolute Gasteiger partial charge is 0.407 e. The molecule has 0 spiro atoms. The van der Waals surface area contributed by atoms with E-state index in [-0.39, 0.29) is 12.2 Å². The molecule has 1 aliphatic heterocycles. The first-order valence-corrected chi connectivity index (χ1v) is 3.48. The first-order valence-electron chi connectivity index (χ1n) is 3.48. The zero-order chi connectivity index (χ0) is 6.97. The van der Waals surface area contributed by atoms with Crippen molar-refractivity contribution < 1.29 is 9.53 Å².